The van der Waals surface area contributed by atoms with Gasteiger partial charge in [-0.3, -0.25) is 4.79 Å². The summed E-state index contributed by atoms with van der Waals surface area (Å²) in [5, 5.41) is 5.82. The molecule has 3 amide bonds. The SMILES string of the molecule is CC(=O)N1CCC(NC(=O)N[C@@H](c2cc(F)ccc2Cl)[C@@H]2CCC[C@H](C(F)(F)F)C2)CC1. The fourth-order valence-corrected chi connectivity index (χ4v) is 4.97. The predicted molar refractivity (Wildman–Crippen MR) is 113 cm³/mol. The molecule has 2 aliphatic rings. The second-order valence-corrected chi connectivity index (χ2v) is 9.11. The van der Waals surface area contributed by atoms with Crippen molar-refractivity contribution in [3.63, 3.8) is 0 Å². The number of nitrogens with one attached hydrogen (secondary N) is 2. The van der Waals surface area contributed by atoms with Gasteiger partial charge < -0.3 is 15.5 Å². The average Bonchev–Trinajstić information content (AvgIpc) is 2.74. The molecule has 0 unspecified atom stereocenters. The predicted octanol–water partition coefficient (Wildman–Crippen LogP) is 5.20. The van der Waals surface area contributed by atoms with Crippen LogP contribution in [0.1, 0.15) is 57.1 Å². The summed E-state index contributed by atoms with van der Waals surface area (Å²) in [4.78, 5) is 25.9. The molecule has 178 valence electrons. The third-order valence-electron chi connectivity index (χ3n) is 6.50. The summed E-state index contributed by atoms with van der Waals surface area (Å²) < 4.78 is 54.1. The second kappa shape index (κ2) is 10.3. The molecule has 1 aliphatic carbocycles. The molecule has 0 spiro atoms. The summed E-state index contributed by atoms with van der Waals surface area (Å²) in [6.07, 6.45) is -2.42. The van der Waals surface area contributed by atoms with Gasteiger partial charge in [0.05, 0.1) is 12.0 Å². The minimum absolute atomic E-state index is 0.0229. The zero-order chi connectivity index (χ0) is 23.5. The van der Waals surface area contributed by atoms with Crippen molar-refractivity contribution in [2.75, 3.05) is 13.1 Å². The lowest BCUT2D eigenvalue weighted by molar-refractivity contribution is -0.186. The molecule has 3 rings (SSSR count). The Labute approximate surface area is 189 Å². The van der Waals surface area contributed by atoms with Gasteiger partial charge in [0.2, 0.25) is 5.91 Å². The second-order valence-electron chi connectivity index (χ2n) is 8.71. The van der Waals surface area contributed by atoms with Crippen molar-refractivity contribution in [3.8, 4) is 0 Å². The highest BCUT2D eigenvalue weighted by atomic mass is 35.5. The van der Waals surface area contributed by atoms with Crippen LogP contribution >= 0.6 is 11.6 Å². The van der Waals surface area contributed by atoms with E-state index < -0.39 is 35.9 Å². The molecule has 0 bridgehead atoms. The molecule has 0 radical (unpaired) electrons. The largest absolute Gasteiger partial charge is 0.391 e. The van der Waals surface area contributed by atoms with Crippen molar-refractivity contribution in [1.29, 1.82) is 0 Å². The Morgan fingerprint density at radius 1 is 1.16 bits per heavy atom. The van der Waals surface area contributed by atoms with Crippen molar-refractivity contribution >= 4 is 23.5 Å². The van der Waals surface area contributed by atoms with Crippen molar-refractivity contribution in [2.24, 2.45) is 11.8 Å². The van der Waals surface area contributed by atoms with E-state index in [9.17, 15) is 27.2 Å². The molecule has 1 heterocycles. The number of nitrogens with zero attached hydrogens (tertiary/aromatic N) is 1. The first-order chi connectivity index (χ1) is 15.0. The number of carbonyl (C=O) groups excluding carboxylic acids is 2. The smallest absolute Gasteiger partial charge is 0.343 e. The molecular weight excluding hydrogens is 450 g/mol. The fourth-order valence-electron chi connectivity index (χ4n) is 4.74. The maximum atomic E-state index is 14.0. The molecule has 10 heteroatoms. The quantitative estimate of drug-likeness (QED) is 0.586. The van der Waals surface area contributed by atoms with Gasteiger partial charge in [-0.15, -0.1) is 0 Å². The van der Waals surface area contributed by atoms with Gasteiger partial charge in [0, 0.05) is 31.1 Å². The minimum Gasteiger partial charge on any atom is -0.343 e. The number of halogens is 5. The summed E-state index contributed by atoms with van der Waals surface area (Å²) in [6.45, 7) is 2.54. The first-order valence-corrected chi connectivity index (χ1v) is 11.3. The molecule has 1 aliphatic heterocycles. The van der Waals surface area contributed by atoms with Gasteiger partial charge in [-0.2, -0.15) is 13.2 Å². The van der Waals surface area contributed by atoms with Crippen LogP contribution in [0, 0.1) is 17.7 Å². The van der Waals surface area contributed by atoms with E-state index in [1.165, 1.54) is 25.1 Å². The maximum Gasteiger partial charge on any atom is 0.391 e. The highest BCUT2D eigenvalue weighted by Crippen LogP contribution is 2.45. The van der Waals surface area contributed by atoms with Gasteiger partial charge in [-0.05, 0) is 61.8 Å². The standard InChI is InChI=1S/C22H28ClF4N3O2/c1-13(31)30-9-7-17(8-10-30)28-21(32)29-20(18-12-16(24)5-6-19(18)23)14-3-2-4-15(11-14)22(25,26)27/h5-6,12,14-15,17,20H,2-4,7-11H2,1H3,(H2,28,29,32)/t14-,15+,20-/m1/s1. The van der Waals surface area contributed by atoms with Crippen LogP contribution in [-0.4, -0.2) is 42.1 Å². The summed E-state index contributed by atoms with van der Waals surface area (Å²) in [5.41, 5.74) is 0.279. The van der Waals surface area contributed by atoms with Crippen molar-refractivity contribution in [3.05, 3.63) is 34.6 Å². The normalized spacial score (nSPS) is 23.5. The van der Waals surface area contributed by atoms with Crippen molar-refractivity contribution < 1.29 is 27.2 Å². The highest BCUT2D eigenvalue weighted by Gasteiger charge is 2.44. The Hall–Kier alpha value is -2.03. The molecule has 3 atom stereocenters. The molecule has 32 heavy (non-hydrogen) atoms. The van der Waals surface area contributed by atoms with Crippen LogP contribution in [0.5, 0.6) is 0 Å². The zero-order valence-corrected chi connectivity index (χ0v) is 18.6. The number of alkyl halides is 3. The van der Waals surface area contributed by atoms with Gasteiger partial charge in [0.25, 0.3) is 0 Å². The number of urea groups is 1. The lowest BCUT2D eigenvalue weighted by Gasteiger charge is -2.37. The number of piperidine rings is 1. The van der Waals surface area contributed by atoms with E-state index in [0.717, 1.165) is 0 Å². The van der Waals surface area contributed by atoms with E-state index in [1.54, 1.807) is 4.90 Å². The summed E-state index contributed by atoms with van der Waals surface area (Å²) in [6, 6.07) is 2.15. The number of carbonyl (C=O) groups is 2. The van der Waals surface area contributed by atoms with Gasteiger partial charge in [-0.1, -0.05) is 18.0 Å². The third-order valence-corrected chi connectivity index (χ3v) is 6.85. The molecule has 0 aromatic heterocycles. The van der Waals surface area contributed by atoms with Crippen LogP contribution in [0.4, 0.5) is 22.4 Å². The number of benzene rings is 1. The van der Waals surface area contributed by atoms with Crippen LogP contribution in [-0.2, 0) is 4.79 Å². The van der Waals surface area contributed by atoms with Crippen LogP contribution < -0.4 is 10.6 Å². The number of hydrogen-bond donors (Lipinski definition) is 2. The van der Waals surface area contributed by atoms with E-state index in [-0.39, 0.29) is 35.4 Å². The summed E-state index contributed by atoms with van der Waals surface area (Å²) in [5.74, 6) is -2.58. The highest BCUT2D eigenvalue weighted by molar-refractivity contribution is 6.31. The van der Waals surface area contributed by atoms with Crippen molar-refractivity contribution in [2.45, 2.75) is 63.7 Å². The van der Waals surface area contributed by atoms with E-state index in [2.05, 4.69) is 10.6 Å². The number of amides is 3. The van der Waals surface area contributed by atoms with Gasteiger partial charge in [0.15, 0.2) is 0 Å². The molecule has 2 N–H and O–H groups in total. The molecule has 1 aromatic rings. The molecule has 1 aromatic carbocycles. The topological polar surface area (TPSA) is 61.4 Å². The lowest BCUT2D eigenvalue weighted by Crippen LogP contribution is -2.50. The average molecular weight is 478 g/mol. The Morgan fingerprint density at radius 3 is 2.47 bits per heavy atom. The number of hydrogen-bond acceptors (Lipinski definition) is 2. The molecule has 2 fully saturated rings. The first-order valence-electron chi connectivity index (χ1n) is 10.9. The Bertz CT molecular complexity index is 828. The molecular formula is C22H28ClF4N3O2. The van der Waals surface area contributed by atoms with Crippen LogP contribution in [0.3, 0.4) is 0 Å². The Morgan fingerprint density at radius 2 is 1.84 bits per heavy atom. The lowest BCUT2D eigenvalue weighted by atomic mass is 9.75. The van der Waals surface area contributed by atoms with Crippen LogP contribution in [0.2, 0.25) is 5.02 Å². The Balaban J connectivity index is 1.74. The zero-order valence-electron chi connectivity index (χ0n) is 17.9. The van der Waals surface area contributed by atoms with Gasteiger partial charge >= 0.3 is 12.2 Å². The third kappa shape index (κ3) is 6.27. The fraction of sp³-hybridized carbons (Fsp3) is 0.636. The van der Waals surface area contributed by atoms with Gasteiger partial charge in [-0.25, -0.2) is 9.18 Å². The summed E-state index contributed by atoms with van der Waals surface area (Å²) >= 11 is 6.26. The minimum atomic E-state index is -4.32. The number of rotatable bonds is 4. The molecule has 5 nitrogen and oxygen atoms in total. The van der Waals surface area contributed by atoms with E-state index >= 15 is 0 Å². The van der Waals surface area contributed by atoms with E-state index in [4.69, 9.17) is 11.6 Å². The van der Waals surface area contributed by atoms with E-state index in [1.807, 2.05) is 0 Å². The van der Waals surface area contributed by atoms with Crippen LogP contribution in [0.15, 0.2) is 18.2 Å². The first kappa shape index (κ1) is 24.6. The molecule has 1 saturated heterocycles. The Kier molecular flexibility index (Phi) is 7.90. The number of likely N-dealkylation sites (tertiary alicyclic amines) is 1. The maximum absolute atomic E-state index is 14.0. The monoisotopic (exact) mass is 477 g/mol. The molecule has 1 saturated carbocycles. The summed E-state index contributed by atoms with van der Waals surface area (Å²) in [7, 11) is 0. The van der Waals surface area contributed by atoms with E-state index in [0.29, 0.717) is 38.8 Å². The van der Waals surface area contributed by atoms with Crippen LogP contribution in [0.25, 0.3) is 0 Å². The van der Waals surface area contributed by atoms with Gasteiger partial charge in [0.1, 0.15) is 5.82 Å². The van der Waals surface area contributed by atoms with Crippen molar-refractivity contribution in [1.82, 2.24) is 15.5 Å².